The molecule has 12 atom stereocenters. The zero-order valence-corrected chi connectivity index (χ0v) is 25.9. The summed E-state index contributed by atoms with van der Waals surface area (Å²) in [6.07, 6.45) is -13.7. The summed E-state index contributed by atoms with van der Waals surface area (Å²) < 4.78 is 23.6. The number of phenols is 1. The van der Waals surface area contributed by atoms with E-state index in [0.29, 0.717) is 5.56 Å². The van der Waals surface area contributed by atoms with Crippen molar-refractivity contribution in [3.05, 3.63) is 41.1 Å². The molecule has 274 valence electrons. The van der Waals surface area contributed by atoms with Gasteiger partial charge in [0, 0.05) is 18.1 Å². The summed E-state index contributed by atoms with van der Waals surface area (Å²) >= 11 is 0. The van der Waals surface area contributed by atoms with E-state index in [2.05, 4.69) is 5.32 Å². The van der Waals surface area contributed by atoms with Crippen molar-refractivity contribution < 1.29 is 94.1 Å². The highest BCUT2D eigenvalue weighted by Gasteiger charge is 2.52. The highest BCUT2D eigenvalue weighted by Crippen LogP contribution is 2.41. The highest BCUT2D eigenvalue weighted by molar-refractivity contribution is 5.89. The first-order chi connectivity index (χ1) is 23.6. The van der Waals surface area contributed by atoms with Gasteiger partial charge in [-0.15, -0.1) is 0 Å². The maximum Gasteiger partial charge on any atom is 0.373 e. The van der Waals surface area contributed by atoms with E-state index in [4.69, 9.17) is 18.9 Å². The van der Waals surface area contributed by atoms with Crippen LogP contribution in [0, 0.1) is 0 Å². The molecule has 0 aliphatic carbocycles. The fourth-order valence-corrected chi connectivity index (χ4v) is 6.04. The van der Waals surface area contributed by atoms with E-state index in [9.17, 15) is 70.6 Å². The summed E-state index contributed by atoms with van der Waals surface area (Å²) in [6, 6.07) is -0.0832. The van der Waals surface area contributed by atoms with Gasteiger partial charge in [0.25, 0.3) is 6.04 Å². The number of allylic oxidation sites excluding steroid dienone is 2. The van der Waals surface area contributed by atoms with E-state index in [1.54, 1.807) is 0 Å². The largest absolute Gasteiger partial charge is 0.504 e. The molecule has 0 unspecified atom stereocenters. The molecule has 2 saturated heterocycles. The molecule has 0 spiro atoms. The first-order valence-electron chi connectivity index (χ1n) is 15.3. The van der Waals surface area contributed by atoms with Crippen molar-refractivity contribution in [3.8, 4) is 11.5 Å². The molecule has 20 heteroatoms. The van der Waals surface area contributed by atoms with Crippen LogP contribution in [-0.2, 0) is 35.0 Å². The van der Waals surface area contributed by atoms with E-state index in [1.807, 2.05) is 0 Å². The van der Waals surface area contributed by atoms with Crippen molar-refractivity contribution in [2.75, 3.05) is 13.2 Å². The standard InChI is InChI=1S/C30H36N2O18/c33-8-18-20(36)22(38)24(40)29(48-18)50-25-23(39)21(37)19(9-34)49-30(25)47-17-6-11-5-15(28(45)46)32(14(11)7-16(17)35)2-1-10-3-12(26(41)42)31-13(4-10)27(43)44/h1-3,6-7,13,15,18-25,29-30,33-34,36-40H,4-5,8-9H2,(H4,35,41,42,43,44,45,46)/p+1/t13-,15-,18+,19+,20+,21+,22-,23-,24+,25+,29-,30+/m0/s1. The van der Waals surface area contributed by atoms with Crippen LogP contribution >= 0.6 is 0 Å². The van der Waals surface area contributed by atoms with Crippen molar-refractivity contribution in [2.45, 2.75) is 86.3 Å². The van der Waals surface area contributed by atoms with Gasteiger partial charge in [0.05, 0.1) is 25.7 Å². The average molecular weight is 714 g/mol. The summed E-state index contributed by atoms with van der Waals surface area (Å²) in [6.45, 7) is -1.61. The highest BCUT2D eigenvalue weighted by atomic mass is 16.8. The van der Waals surface area contributed by atoms with Crippen molar-refractivity contribution in [2.24, 2.45) is 0 Å². The van der Waals surface area contributed by atoms with Crippen LogP contribution in [0.1, 0.15) is 12.0 Å². The van der Waals surface area contributed by atoms with Gasteiger partial charge in [0.15, 0.2) is 30.1 Å². The molecule has 2 fully saturated rings. The molecule has 1 aromatic carbocycles. The van der Waals surface area contributed by atoms with Gasteiger partial charge in [-0.2, -0.15) is 4.58 Å². The minimum atomic E-state index is -1.92. The number of carboxylic acid groups (broad SMARTS) is 3. The average Bonchev–Trinajstić information content (AvgIpc) is 3.43. The van der Waals surface area contributed by atoms with Gasteiger partial charge >= 0.3 is 17.9 Å². The van der Waals surface area contributed by atoms with Gasteiger partial charge in [0.1, 0.15) is 54.5 Å². The predicted octanol–water partition coefficient (Wildman–Crippen LogP) is -4.54. The molecule has 0 radical (unpaired) electrons. The lowest BCUT2D eigenvalue weighted by Crippen LogP contribution is -2.65. The summed E-state index contributed by atoms with van der Waals surface area (Å²) in [5, 5.41) is 114. The van der Waals surface area contributed by atoms with Crippen LogP contribution in [0.25, 0.3) is 0 Å². The third kappa shape index (κ3) is 7.30. The Labute approximate surface area is 281 Å². The molecule has 5 rings (SSSR count). The Morgan fingerprint density at radius 1 is 0.860 bits per heavy atom. The molecule has 0 aromatic heterocycles. The number of carbonyl (C=O) groups is 3. The zero-order valence-electron chi connectivity index (χ0n) is 25.9. The number of aliphatic carboxylic acids is 3. The summed E-state index contributed by atoms with van der Waals surface area (Å²) in [5.41, 5.74) is 0.387. The fourth-order valence-electron chi connectivity index (χ4n) is 6.04. The number of rotatable bonds is 10. The van der Waals surface area contributed by atoms with Crippen molar-refractivity contribution in [1.29, 1.82) is 0 Å². The van der Waals surface area contributed by atoms with Crippen molar-refractivity contribution in [1.82, 2.24) is 5.32 Å². The number of aromatic hydroxyl groups is 1. The van der Waals surface area contributed by atoms with Crippen molar-refractivity contribution >= 4 is 29.8 Å². The Bertz CT molecular complexity index is 1580. The van der Waals surface area contributed by atoms with Gasteiger partial charge < -0.3 is 80.4 Å². The molecule has 20 nitrogen and oxygen atoms in total. The molecule has 12 N–H and O–H groups in total. The van der Waals surface area contributed by atoms with Crippen LogP contribution in [0.3, 0.4) is 0 Å². The van der Waals surface area contributed by atoms with Gasteiger partial charge in [-0.3, -0.25) is 0 Å². The van der Waals surface area contributed by atoms with Crippen LogP contribution in [0.15, 0.2) is 35.6 Å². The minimum Gasteiger partial charge on any atom is -0.504 e. The van der Waals surface area contributed by atoms with E-state index in [-0.39, 0.29) is 35.5 Å². The number of aliphatic hydroxyl groups is 7. The topological polar surface area (TPSA) is 326 Å². The van der Waals surface area contributed by atoms with E-state index < -0.39 is 110 Å². The monoisotopic (exact) mass is 713 g/mol. The maximum atomic E-state index is 12.2. The number of aliphatic hydroxyl groups excluding tert-OH is 7. The van der Waals surface area contributed by atoms with Crippen molar-refractivity contribution in [3.63, 3.8) is 0 Å². The van der Waals surface area contributed by atoms with Gasteiger partial charge in [0.2, 0.25) is 12.0 Å². The van der Waals surface area contributed by atoms with Crippen LogP contribution in [0.4, 0.5) is 5.69 Å². The number of hydrogen-bond acceptors (Lipinski definition) is 16. The Balaban J connectivity index is 1.45. The molecule has 4 aliphatic heterocycles. The first kappa shape index (κ1) is 37.0. The number of phenolic OH excluding ortho intramolecular Hbond substituents is 1. The summed E-state index contributed by atoms with van der Waals surface area (Å²) in [7, 11) is 0. The number of nitrogens with one attached hydrogen (secondary N) is 1. The van der Waals surface area contributed by atoms with Crippen LogP contribution < -0.4 is 10.1 Å². The Kier molecular flexibility index (Phi) is 11.1. The van der Waals surface area contributed by atoms with E-state index in [0.717, 1.165) is 6.07 Å². The Hall–Kier alpha value is -4.22. The third-order valence-corrected chi connectivity index (χ3v) is 8.76. The minimum absolute atomic E-state index is 0.123. The SMILES string of the molecule is O=C(O)C1=C/C(=C/C=[N+]2c3cc(O)c(O[C@@H]4O[C@H](CO)[C@@H](O)[C@H](O)[C@H]4O[C@@H]4O[C@H](CO)[C@@H](O)[C@H](O)[C@H]4O)cc3C[C@H]2C(=O)O)C[C@@H](C(=O)O)N1. The molecule has 0 amide bonds. The predicted molar refractivity (Wildman–Crippen MR) is 159 cm³/mol. The number of benzene rings is 1. The van der Waals surface area contributed by atoms with E-state index in [1.165, 1.54) is 29.0 Å². The van der Waals surface area contributed by atoms with Gasteiger partial charge in [-0.25, -0.2) is 14.4 Å². The lowest BCUT2D eigenvalue weighted by atomic mass is 9.97. The Morgan fingerprint density at radius 2 is 1.50 bits per heavy atom. The molecule has 4 aliphatic rings. The second-order valence-electron chi connectivity index (χ2n) is 12.0. The molecule has 0 saturated carbocycles. The van der Waals surface area contributed by atoms with Crippen LogP contribution in [0.2, 0.25) is 0 Å². The second-order valence-corrected chi connectivity index (χ2v) is 12.0. The van der Waals surface area contributed by atoms with Gasteiger partial charge in [-0.05, 0) is 17.7 Å². The summed E-state index contributed by atoms with van der Waals surface area (Å²) in [4.78, 5) is 35.3. The quantitative estimate of drug-likeness (QED) is 0.102. The molecule has 4 heterocycles. The number of hydrogen-bond donors (Lipinski definition) is 12. The fraction of sp³-hybridized carbons (Fsp3) is 0.533. The van der Waals surface area contributed by atoms with E-state index >= 15 is 0 Å². The van der Waals surface area contributed by atoms with Crippen LogP contribution in [-0.4, -0.2) is 172 Å². The number of nitrogens with zero attached hydrogens (tertiary/aromatic N) is 1. The lowest BCUT2D eigenvalue weighted by Gasteiger charge is -2.45. The maximum absolute atomic E-state index is 12.2. The van der Waals surface area contributed by atoms with Crippen LogP contribution in [0.5, 0.6) is 11.5 Å². The molecular formula is C30H37N2O18+. The molecule has 0 bridgehead atoms. The normalized spacial score (nSPS) is 37.1. The molecule has 50 heavy (non-hydrogen) atoms. The lowest BCUT2D eigenvalue weighted by molar-refractivity contribution is -0.456. The number of fused-ring (bicyclic) bond motifs is 1. The first-order valence-corrected chi connectivity index (χ1v) is 15.3. The Morgan fingerprint density at radius 3 is 2.10 bits per heavy atom. The van der Waals surface area contributed by atoms with Gasteiger partial charge in [-0.1, -0.05) is 0 Å². The second kappa shape index (κ2) is 14.9. The summed E-state index contributed by atoms with van der Waals surface area (Å²) in [5.74, 6) is -4.90. The molecular weight excluding hydrogens is 676 g/mol. The number of carboxylic acids is 3. The third-order valence-electron chi connectivity index (χ3n) is 8.76. The molecule has 1 aromatic rings. The number of ether oxygens (including phenoxy) is 4. The smallest absolute Gasteiger partial charge is 0.373 e. The zero-order chi connectivity index (χ0) is 36.6.